The van der Waals surface area contributed by atoms with E-state index in [1.54, 1.807) is 29.5 Å². The van der Waals surface area contributed by atoms with Crippen LogP contribution in [0.1, 0.15) is 80.3 Å². The number of ether oxygens (including phenoxy) is 1. The van der Waals surface area contributed by atoms with Crippen molar-refractivity contribution in [2.75, 3.05) is 6.61 Å². The number of hydrogen-bond acceptors (Lipinski definition) is 12. The summed E-state index contributed by atoms with van der Waals surface area (Å²) in [5, 5.41) is 40.8. The van der Waals surface area contributed by atoms with Crippen LogP contribution in [0.15, 0.2) is 70.7 Å². The van der Waals surface area contributed by atoms with Crippen LogP contribution in [0.2, 0.25) is 0 Å². The Labute approximate surface area is 344 Å². The Balaban J connectivity index is 0.875. The molecule has 2 amide bonds. The maximum Gasteiger partial charge on any atom is 0.258 e. The molecule has 2 aromatic carbocycles. The van der Waals surface area contributed by atoms with Crippen LogP contribution >= 0.6 is 11.3 Å². The summed E-state index contributed by atoms with van der Waals surface area (Å²) < 4.78 is 11.4. The molecule has 8 rings (SSSR count). The van der Waals surface area contributed by atoms with Gasteiger partial charge in [0.1, 0.15) is 11.5 Å². The summed E-state index contributed by atoms with van der Waals surface area (Å²) in [7, 11) is 0. The minimum Gasteiger partial charge on any atom is -0.507 e. The second kappa shape index (κ2) is 16.7. The van der Waals surface area contributed by atoms with Crippen molar-refractivity contribution >= 4 is 40.0 Å². The third-order valence-electron chi connectivity index (χ3n) is 11.6. The van der Waals surface area contributed by atoms with Gasteiger partial charge in [-0.2, -0.15) is 0 Å². The van der Waals surface area contributed by atoms with Crippen LogP contribution in [-0.4, -0.2) is 71.9 Å². The molecule has 6 atom stereocenters. The summed E-state index contributed by atoms with van der Waals surface area (Å²) in [5.74, 6) is -2.76. The number of nitrogens with one attached hydrogen (secondary N) is 3. The number of carbonyl (C=O) groups is 3. The van der Waals surface area contributed by atoms with Crippen molar-refractivity contribution in [3.05, 3.63) is 94.4 Å². The van der Waals surface area contributed by atoms with Crippen LogP contribution in [0.5, 0.6) is 11.6 Å². The topological polar surface area (TPSA) is 205 Å². The quantitative estimate of drug-likeness (QED) is 0.0865. The number of aromatic amines is 1. The van der Waals surface area contributed by atoms with Gasteiger partial charge in [-0.05, 0) is 91.9 Å². The van der Waals surface area contributed by atoms with Crippen molar-refractivity contribution in [1.29, 1.82) is 0 Å². The van der Waals surface area contributed by atoms with Crippen molar-refractivity contribution in [2.45, 2.75) is 83.9 Å². The lowest BCUT2D eigenvalue weighted by Crippen LogP contribution is -2.41. The highest BCUT2D eigenvalue weighted by Crippen LogP contribution is 2.40. The van der Waals surface area contributed by atoms with Crippen LogP contribution in [0, 0.1) is 24.7 Å². The number of ketones is 1. The number of amides is 2. The summed E-state index contributed by atoms with van der Waals surface area (Å²) in [5.41, 5.74) is 8.67. The van der Waals surface area contributed by atoms with Gasteiger partial charge in [0.15, 0.2) is 18.0 Å². The van der Waals surface area contributed by atoms with E-state index in [1.807, 2.05) is 69.6 Å². The average Bonchev–Trinajstić information content (AvgIpc) is 4.03. The molecule has 1 fully saturated rings. The molecule has 14 nitrogen and oxygen atoms in total. The molecular weight excluding hydrogens is 771 g/mol. The molecule has 0 spiro atoms. The third kappa shape index (κ3) is 8.35. The largest absolute Gasteiger partial charge is 0.507 e. The Hall–Kier alpha value is -5.93. The molecular formula is C44H47N7O7S. The molecule has 0 bridgehead atoms. The van der Waals surface area contributed by atoms with Gasteiger partial charge in [-0.15, -0.1) is 21.5 Å². The van der Waals surface area contributed by atoms with Gasteiger partial charge in [-0.1, -0.05) is 50.2 Å². The molecule has 2 aliphatic carbocycles. The molecule has 4 heterocycles. The van der Waals surface area contributed by atoms with Gasteiger partial charge in [-0.3, -0.25) is 14.4 Å². The monoisotopic (exact) mass is 817 g/mol. The number of Topliss-reactive ketones (excluding diaryl/α,β-unsaturated/α-hetero) is 1. The molecule has 5 N–H and O–H groups in total. The molecule has 0 saturated heterocycles. The van der Waals surface area contributed by atoms with Crippen molar-refractivity contribution in [2.24, 2.45) is 17.8 Å². The van der Waals surface area contributed by atoms with Gasteiger partial charge in [0.25, 0.3) is 11.8 Å². The minimum absolute atomic E-state index is 0.0672. The zero-order valence-corrected chi connectivity index (χ0v) is 34.1. The number of fused-ring (bicyclic) bond motifs is 3. The zero-order chi connectivity index (χ0) is 41.4. The molecule has 15 heteroatoms. The van der Waals surface area contributed by atoms with Gasteiger partial charge < -0.3 is 35.1 Å². The van der Waals surface area contributed by atoms with E-state index >= 15 is 0 Å². The minimum atomic E-state index is -0.793. The molecule has 2 unspecified atom stereocenters. The Morgan fingerprint density at radius 1 is 1.03 bits per heavy atom. The number of rotatable bonds is 13. The summed E-state index contributed by atoms with van der Waals surface area (Å²) in [6.45, 7) is 7.35. The van der Waals surface area contributed by atoms with Crippen molar-refractivity contribution in [3.8, 4) is 33.3 Å². The van der Waals surface area contributed by atoms with E-state index < -0.39 is 23.9 Å². The normalized spacial score (nSPS) is 20.0. The van der Waals surface area contributed by atoms with Gasteiger partial charge in [0.2, 0.25) is 5.91 Å². The first-order valence-corrected chi connectivity index (χ1v) is 20.9. The molecule has 4 aromatic heterocycles. The van der Waals surface area contributed by atoms with Crippen LogP contribution in [0.3, 0.4) is 0 Å². The van der Waals surface area contributed by atoms with E-state index in [9.17, 15) is 24.6 Å². The van der Waals surface area contributed by atoms with E-state index in [-0.39, 0.29) is 72.4 Å². The zero-order valence-electron chi connectivity index (χ0n) is 33.3. The summed E-state index contributed by atoms with van der Waals surface area (Å²) in [4.78, 5) is 49.8. The number of phenols is 1. The van der Waals surface area contributed by atoms with E-state index in [0.29, 0.717) is 36.2 Å². The van der Waals surface area contributed by atoms with Crippen molar-refractivity contribution < 1.29 is 33.9 Å². The van der Waals surface area contributed by atoms with Crippen LogP contribution in [-0.2, 0) is 27.2 Å². The predicted molar refractivity (Wildman–Crippen MR) is 221 cm³/mol. The van der Waals surface area contributed by atoms with E-state index in [0.717, 1.165) is 38.3 Å². The van der Waals surface area contributed by atoms with Gasteiger partial charge in [0, 0.05) is 34.7 Å². The molecule has 0 radical (unpaired) electrons. The second-order valence-corrected chi connectivity index (χ2v) is 16.9. The maximum atomic E-state index is 14.2. The lowest BCUT2D eigenvalue weighted by Gasteiger charge is -2.25. The molecule has 0 aliphatic heterocycles. The van der Waals surface area contributed by atoms with Crippen LogP contribution in [0.25, 0.3) is 32.7 Å². The van der Waals surface area contributed by atoms with E-state index in [4.69, 9.17) is 9.26 Å². The number of H-pyrrole nitrogens is 1. The highest BCUT2D eigenvalue weighted by atomic mass is 32.1. The second-order valence-electron chi connectivity index (χ2n) is 16.0. The Morgan fingerprint density at radius 2 is 1.81 bits per heavy atom. The molecule has 59 heavy (non-hydrogen) atoms. The Kier molecular flexibility index (Phi) is 11.3. The number of benzene rings is 2. The predicted octanol–water partition coefficient (Wildman–Crippen LogP) is 6.38. The number of nitrogens with zero attached hydrogens (tertiary/aromatic N) is 4. The summed E-state index contributed by atoms with van der Waals surface area (Å²) >= 11 is 1.58. The number of aromatic hydroxyl groups is 1. The Bertz CT molecular complexity index is 2490. The number of aryl methyl sites for hydroxylation is 2. The number of aliphatic hydroxyl groups excluding tert-OH is 1. The van der Waals surface area contributed by atoms with Crippen LogP contribution < -0.4 is 15.4 Å². The molecule has 2 aliphatic rings. The first kappa shape index (κ1) is 39.9. The lowest BCUT2D eigenvalue weighted by molar-refractivity contribution is -0.134. The molecule has 1 saturated carbocycles. The van der Waals surface area contributed by atoms with Gasteiger partial charge in [-0.25, -0.2) is 4.98 Å². The highest BCUT2D eigenvalue weighted by Gasteiger charge is 2.46. The van der Waals surface area contributed by atoms with Crippen molar-refractivity contribution in [1.82, 2.24) is 36.0 Å². The fourth-order valence-electron chi connectivity index (χ4n) is 8.60. The third-order valence-corrected chi connectivity index (χ3v) is 12.6. The summed E-state index contributed by atoms with van der Waals surface area (Å²) in [6.07, 6.45) is 1.56. The van der Waals surface area contributed by atoms with Gasteiger partial charge >= 0.3 is 0 Å². The van der Waals surface area contributed by atoms with E-state index in [1.165, 1.54) is 6.07 Å². The van der Waals surface area contributed by atoms with Gasteiger partial charge in [0.05, 0.1) is 45.8 Å². The number of phenolic OH excluding ortho intramolecular Hbond substituents is 1. The number of para-hydroxylation sites is 1. The number of thiazole rings is 1. The van der Waals surface area contributed by atoms with Crippen molar-refractivity contribution in [3.63, 3.8) is 0 Å². The average molecular weight is 818 g/mol. The Morgan fingerprint density at radius 3 is 2.56 bits per heavy atom. The first-order valence-electron chi connectivity index (χ1n) is 20.0. The van der Waals surface area contributed by atoms with E-state index in [2.05, 4.69) is 36.0 Å². The number of aromatic nitrogens is 5. The fraction of sp³-hybridized carbons (Fsp3) is 0.386. The first-order chi connectivity index (χ1) is 28.4. The maximum absolute atomic E-state index is 14.2. The molecule has 6 aromatic rings. The number of aliphatic hydroxyl groups is 1. The van der Waals surface area contributed by atoms with Crippen LogP contribution in [0.4, 0.5) is 0 Å². The smallest absolute Gasteiger partial charge is 0.258 e. The standard InChI is InChI=1S/C44H47N7O7S/c1-22(2)40(41(55)31-16-28(52)17-33(31)44(56)46-23(3)25-9-11-26(12-10-25)42-24(4)45-21-59-42)37-19-39(51-58-37)57-20-38(54)47-27-13-14-34-30(15-27)32-18-35(49-50-43(32)48-34)29-7-5-6-8-36(29)53/h5-12,18-19,21-23,27-28,31,33,40,52-53H,13-17,20H2,1-4H3,(H,46,56)(H,47,54)(H,48,50)/t23-,27-,28-,31?,33+,40?/m0/s1. The summed E-state index contributed by atoms with van der Waals surface area (Å²) in [6, 6.07) is 17.9. The number of hydrogen-bond donors (Lipinski definition) is 5. The lowest BCUT2D eigenvalue weighted by atomic mass is 9.79. The highest BCUT2D eigenvalue weighted by molar-refractivity contribution is 7.13. The SMILES string of the molecule is Cc1ncsc1-c1ccc([C@H](C)NC(=O)[C@@H]2C[C@@H](O)CC2C(=O)C(c2cc(OCC(=O)N[C@H]3CCc4[nH]c5nnc(-c6ccccc6O)cc5c4C3)no2)C(C)C)cc1. The number of carbonyl (C=O) groups excluding carboxylic acids is 3. The fourth-order valence-corrected chi connectivity index (χ4v) is 9.41. The molecule has 306 valence electrons.